The standard InChI is InChI=1S/CH4.Br2H2O5P2/c;1-8(3,4)7-9(2,5)6/h1H4;(H,3,4)(H,5,6). The van der Waals surface area contributed by atoms with Crippen LogP contribution in [0.5, 0.6) is 0 Å². The van der Waals surface area contributed by atoms with E-state index < -0.39 is 12.6 Å². The van der Waals surface area contributed by atoms with Gasteiger partial charge in [0.1, 0.15) is 0 Å². The van der Waals surface area contributed by atoms with E-state index in [9.17, 15) is 9.13 Å². The zero-order chi connectivity index (χ0) is 7.71. The molecule has 0 saturated carbocycles. The number of hydrogen-bond acceptors (Lipinski definition) is 3. The van der Waals surface area contributed by atoms with Crippen LogP contribution >= 0.6 is 43.6 Å². The van der Waals surface area contributed by atoms with Crippen molar-refractivity contribution in [3.8, 4) is 0 Å². The fraction of sp³-hybridized carbons (Fsp3) is 1.00. The maximum Gasteiger partial charge on any atom is 0.401 e. The van der Waals surface area contributed by atoms with Gasteiger partial charge in [-0.25, -0.2) is 13.4 Å². The molecule has 0 rings (SSSR count). The van der Waals surface area contributed by atoms with Gasteiger partial charge in [0.2, 0.25) is 0 Å². The molecule has 0 aliphatic rings. The predicted octanol–water partition coefficient (Wildman–Crippen LogP) is 2.63. The van der Waals surface area contributed by atoms with Crippen LogP contribution in [-0.2, 0) is 13.4 Å². The van der Waals surface area contributed by atoms with Crippen LogP contribution in [0.4, 0.5) is 0 Å². The summed E-state index contributed by atoms with van der Waals surface area (Å²) in [6.45, 7) is 0. The van der Waals surface area contributed by atoms with Gasteiger partial charge in [-0.1, -0.05) is 7.43 Å². The van der Waals surface area contributed by atoms with Crippen LogP contribution < -0.4 is 0 Å². The van der Waals surface area contributed by atoms with Gasteiger partial charge in [0, 0.05) is 31.0 Å². The van der Waals surface area contributed by atoms with E-state index in [4.69, 9.17) is 9.79 Å². The van der Waals surface area contributed by atoms with Crippen LogP contribution in [0.25, 0.3) is 0 Å². The fourth-order valence-corrected chi connectivity index (χ4v) is 5.84. The third kappa shape index (κ3) is 12.0. The number of halogens is 2. The van der Waals surface area contributed by atoms with Crippen molar-refractivity contribution in [3.63, 3.8) is 0 Å². The Hall–Kier alpha value is 1.30. The first kappa shape index (κ1) is 13.9. The molecule has 0 aliphatic carbocycles. The minimum absolute atomic E-state index is 0. The van der Waals surface area contributed by atoms with Crippen molar-refractivity contribution in [3.05, 3.63) is 0 Å². The van der Waals surface area contributed by atoms with E-state index >= 15 is 0 Å². The van der Waals surface area contributed by atoms with Crippen molar-refractivity contribution >= 4 is 43.6 Å². The summed E-state index contributed by atoms with van der Waals surface area (Å²) in [4.78, 5) is 16.5. The van der Waals surface area contributed by atoms with E-state index in [0.29, 0.717) is 0 Å². The average Bonchev–Trinajstić information content (AvgIpc) is 1.14. The predicted molar refractivity (Wildman–Crippen MR) is 45.3 cm³/mol. The van der Waals surface area contributed by atoms with Crippen molar-refractivity contribution in [1.29, 1.82) is 0 Å². The lowest BCUT2D eigenvalue weighted by Crippen LogP contribution is -1.73. The summed E-state index contributed by atoms with van der Waals surface area (Å²) >= 11 is 4.28. The zero-order valence-electron chi connectivity index (χ0n) is 3.77. The van der Waals surface area contributed by atoms with E-state index in [1.807, 2.05) is 0 Å². The Labute approximate surface area is 74.3 Å². The van der Waals surface area contributed by atoms with Crippen LogP contribution in [0.1, 0.15) is 7.43 Å². The number of hydrogen-bond donors (Lipinski definition) is 2. The van der Waals surface area contributed by atoms with Gasteiger partial charge in [0.15, 0.2) is 0 Å². The lowest BCUT2D eigenvalue weighted by Gasteiger charge is -2.03. The molecule has 64 valence electrons. The van der Waals surface area contributed by atoms with Gasteiger partial charge in [0.25, 0.3) is 0 Å². The van der Waals surface area contributed by atoms with Crippen molar-refractivity contribution in [2.24, 2.45) is 0 Å². The molecule has 0 saturated heterocycles. The summed E-state index contributed by atoms with van der Waals surface area (Å²) in [7, 11) is 0. The lowest BCUT2D eigenvalue weighted by atomic mass is 12.0. The van der Waals surface area contributed by atoms with Gasteiger partial charge in [-0.15, -0.1) is 0 Å². The summed E-state index contributed by atoms with van der Waals surface area (Å²) in [6.07, 6.45) is -8.07. The van der Waals surface area contributed by atoms with Gasteiger partial charge in [0.05, 0.1) is 0 Å². The van der Waals surface area contributed by atoms with Gasteiger partial charge >= 0.3 is 12.6 Å². The molecule has 5 nitrogen and oxygen atoms in total. The molecule has 0 aromatic rings. The van der Waals surface area contributed by atoms with Crippen LogP contribution in [-0.4, -0.2) is 9.79 Å². The van der Waals surface area contributed by atoms with Crippen LogP contribution in [0.2, 0.25) is 0 Å². The summed E-state index contributed by atoms with van der Waals surface area (Å²) in [6, 6.07) is 0. The molecular weight excluding hydrogens is 314 g/mol. The van der Waals surface area contributed by atoms with Gasteiger partial charge in [-0.3, -0.25) is 0 Å². The SMILES string of the molecule is C.O=P(O)(Br)OP(=O)(O)Br. The first-order chi connectivity index (χ1) is 3.71. The molecule has 0 aliphatic heterocycles. The highest BCUT2D eigenvalue weighted by molar-refractivity contribution is 9.41. The third-order valence-electron chi connectivity index (χ3n) is 0.201. The van der Waals surface area contributed by atoms with Crippen molar-refractivity contribution in [2.75, 3.05) is 0 Å². The van der Waals surface area contributed by atoms with Crippen LogP contribution in [0.3, 0.4) is 0 Å². The molecule has 0 amide bonds. The number of rotatable bonds is 2. The van der Waals surface area contributed by atoms with Crippen LogP contribution in [0.15, 0.2) is 0 Å². The third-order valence-corrected chi connectivity index (χ3v) is 4.14. The van der Waals surface area contributed by atoms with Gasteiger partial charge < -0.3 is 9.79 Å². The maximum atomic E-state index is 10.1. The first-order valence-corrected chi connectivity index (χ1v) is 8.66. The van der Waals surface area contributed by atoms with E-state index in [0.717, 1.165) is 0 Å². The van der Waals surface area contributed by atoms with Crippen LogP contribution in [0, 0.1) is 0 Å². The molecule has 0 fully saturated rings. The Balaban J connectivity index is 0. The average molecular weight is 320 g/mol. The van der Waals surface area contributed by atoms with Gasteiger partial charge in [-0.05, 0) is 0 Å². The molecule has 0 aromatic carbocycles. The highest BCUT2D eigenvalue weighted by Gasteiger charge is 2.26. The van der Waals surface area contributed by atoms with E-state index in [1.165, 1.54) is 0 Å². The molecule has 2 atom stereocenters. The van der Waals surface area contributed by atoms with Crippen molar-refractivity contribution in [2.45, 2.75) is 7.43 Å². The minimum Gasteiger partial charge on any atom is -0.316 e. The summed E-state index contributed by atoms with van der Waals surface area (Å²) in [5.74, 6) is 0. The molecule has 0 radical (unpaired) electrons. The Bertz CT molecular complexity index is 158. The Kier molecular flexibility index (Phi) is 6.04. The minimum atomic E-state index is -4.03. The molecule has 0 spiro atoms. The Morgan fingerprint density at radius 3 is 1.30 bits per heavy atom. The molecule has 2 N–H and O–H groups in total. The summed E-state index contributed by atoms with van der Waals surface area (Å²) < 4.78 is 23.9. The topological polar surface area (TPSA) is 83.8 Å². The van der Waals surface area contributed by atoms with Crippen molar-refractivity contribution < 1.29 is 23.2 Å². The normalized spacial score (nSPS) is 22.0. The van der Waals surface area contributed by atoms with E-state index in [2.05, 4.69) is 35.3 Å². The fourth-order valence-electron chi connectivity index (χ4n) is 0.124. The maximum absolute atomic E-state index is 10.1. The second-order valence-electron chi connectivity index (χ2n) is 0.985. The monoisotopic (exact) mass is 318 g/mol. The highest BCUT2D eigenvalue weighted by atomic mass is 79.9. The second-order valence-corrected chi connectivity index (χ2v) is 8.82. The summed E-state index contributed by atoms with van der Waals surface area (Å²) in [5, 5.41) is 0. The molecule has 0 heterocycles. The molecule has 0 aromatic heterocycles. The molecule has 2 unspecified atom stereocenters. The zero-order valence-corrected chi connectivity index (χ0v) is 8.73. The molecule has 0 bridgehead atoms. The first-order valence-electron chi connectivity index (χ1n) is 1.47. The van der Waals surface area contributed by atoms with E-state index in [-0.39, 0.29) is 7.43 Å². The smallest absolute Gasteiger partial charge is 0.316 e. The molecule has 10 heavy (non-hydrogen) atoms. The quantitative estimate of drug-likeness (QED) is 0.764. The van der Waals surface area contributed by atoms with E-state index in [1.54, 1.807) is 0 Å². The molecular formula is CH6Br2O5P2. The summed E-state index contributed by atoms with van der Waals surface area (Å²) in [5.41, 5.74) is 0. The molecule has 9 heteroatoms. The van der Waals surface area contributed by atoms with Crippen molar-refractivity contribution in [1.82, 2.24) is 0 Å². The second kappa shape index (κ2) is 4.36. The van der Waals surface area contributed by atoms with Gasteiger partial charge in [-0.2, -0.15) is 0 Å². The lowest BCUT2D eigenvalue weighted by molar-refractivity contribution is 0.363. The Morgan fingerprint density at radius 1 is 1.10 bits per heavy atom. The highest BCUT2D eigenvalue weighted by Crippen LogP contribution is 2.67. The Morgan fingerprint density at radius 2 is 1.30 bits per heavy atom. The largest absolute Gasteiger partial charge is 0.401 e.